The second-order valence-corrected chi connectivity index (χ2v) is 6.72. The van der Waals surface area contributed by atoms with E-state index in [1.54, 1.807) is 0 Å². The average Bonchev–Trinajstić information content (AvgIpc) is 2.36. The van der Waals surface area contributed by atoms with Gasteiger partial charge in [-0.1, -0.05) is 22.0 Å². The van der Waals surface area contributed by atoms with E-state index >= 15 is 0 Å². The van der Waals surface area contributed by atoms with Crippen molar-refractivity contribution in [2.24, 2.45) is 5.73 Å². The Labute approximate surface area is 136 Å². The molecule has 1 unspecified atom stereocenters. The highest BCUT2D eigenvalue weighted by Crippen LogP contribution is 2.32. The van der Waals surface area contributed by atoms with Gasteiger partial charge in [0.1, 0.15) is 11.5 Å². The highest BCUT2D eigenvalue weighted by Gasteiger charge is 2.06. The van der Waals surface area contributed by atoms with Crippen LogP contribution in [0.1, 0.15) is 18.1 Å². The standard InChI is InChI=1S/C16H17Br2NO/c1-10-7-14(5-3-12(10)8-11(2)19)20-16-6-4-13(17)9-15(16)18/h3-7,9,11H,8,19H2,1-2H3. The van der Waals surface area contributed by atoms with Crippen LogP contribution in [-0.4, -0.2) is 6.04 Å². The number of hydrogen-bond donors (Lipinski definition) is 1. The van der Waals surface area contributed by atoms with Crippen molar-refractivity contribution in [3.63, 3.8) is 0 Å². The van der Waals surface area contributed by atoms with Crippen molar-refractivity contribution >= 4 is 31.9 Å². The fraction of sp³-hybridized carbons (Fsp3) is 0.250. The fourth-order valence-electron chi connectivity index (χ4n) is 1.99. The lowest BCUT2D eigenvalue weighted by Gasteiger charge is -2.12. The Bertz CT molecular complexity index is 611. The maximum absolute atomic E-state index is 5.91. The summed E-state index contributed by atoms with van der Waals surface area (Å²) in [5, 5.41) is 0. The molecule has 1 atom stereocenters. The monoisotopic (exact) mass is 397 g/mol. The van der Waals surface area contributed by atoms with Crippen LogP contribution < -0.4 is 10.5 Å². The predicted molar refractivity (Wildman–Crippen MR) is 90.4 cm³/mol. The molecule has 2 N–H and O–H groups in total. The molecule has 0 saturated carbocycles. The van der Waals surface area contributed by atoms with E-state index in [-0.39, 0.29) is 6.04 Å². The van der Waals surface area contributed by atoms with Crippen molar-refractivity contribution in [3.8, 4) is 11.5 Å². The Kier molecular flexibility index (Phi) is 5.24. The maximum Gasteiger partial charge on any atom is 0.141 e. The van der Waals surface area contributed by atoms with Gasteiger partial charge in [-0.05, 0) is 77.7 Å². The van der Waals surface area contributed by atoms with Crippen molar-refractivity contribution < 1.29 is 4.74 Å². The molecule has 106 valence electrons. The van der Waals surface area contributed by atoms with E-state index in [4.69, 9.17) is 10.5 Å². The van der Waals surface area contributed by atoms with Crippen LogP contribution in [0.4, 0.5) is 0 Å². The van der Waals surface area contributed by atoms with E-state index in [1.807, 2.05) is 37.3 Å². The Hall–Kier alpha value is -0.840. The van der Waals surface area contributed by atoms with Crippen molar-refractivity contribution in [1.29, 1.82) is 0 Å². The number of halogens is 2. The maximum atomic E-state index is 5.91. The summed E-state index contributed by atoms with van der Waals surface area (Å²) in [4.78, 5) is 0. The summed E-state index contributed by atoms with van der Waals surface area (Å²) in [5.74, 6) is 1.63. The molecule has 2 rings (SSSR count). The molecule has 2 nitrogen and oxygen atoms in total. The van der Waals surface area contributed by atoms with Gasteiger partial charge in [0.25, 0.3) is 0 Å². The molecule has 0 aliphatic rings. The summed E-state index contributed by atoms with van der Waals surface area (Å²) < 4.78 is 7.84. The van der Waals surface area contributed by atoms with Crippen LogP contribution in [0.15, 0.2) is 45.3 Å². The second kappa shape index (κ2) is 6.74. The van der Waals surface area contributed by atoms with Gasteiger partial charge in [-0.3, -0.25) is 0 Å². The zero-order chi connectivity index (χ0) is 14.7. The van der Waals surface area contributed by atoms with Crippen molar-refractivity contribution in [3.05, 3.63) is 56.5 Å². The molecule has 0 radical (unpaired) electrons. The van der Waals surface area contributed by atoms with E-state index in [2.05, 4.69) is 44.8 Å². The Morgan fingerprint density at radius 2 is 1.90 bits per heavy atom. The first-order chi connectivity index (χ1) is 9.45. The minimum Gasteiger partial charge on any atom is -0.456 e. The minimum absolute atomic E-state index is 0.168. The molecule has 20 heavy (non-hydrogen) atoms. The van der Waals surface area contributed by atoms with Gasteiger partial charge in [0.05, 0.1) is 4.47 Å². The van der Waals surface area contributed by atoms with Crippen LogP contribution in [0.25, 0.3) is 0 Å². The molecule has 0 aromatic heterocycles. The summed E-state index contributed by atoms with van der Waals surface area (Å²) >= 11 is 6.93. The minimum atomic E-state index is 0.168. The van der Waals surface area contributed by atoms with Crippen LogP contribution in [0.5, 0.6) is 11.5 Å². The first kappa shape index (κ1) is 15.5. The summed E-state index contributed by atoms with van der Waals surface area (Å²) in [5.41, 5.74) is 8.31. The molecule has 0 aliphatic heterocycles. The molecule has 0 bridgehead atoms. The SMILES string of the molecule is Cc1cc(Oc2ccc(Br)cc2Br)ccc1CC(C)N. The topological polar surface area (TPSA) is 35.2 Å². The number of ether oxygens (including phenoxy) is 1. The molecule has 4 heteroatoms. The van der Waals surface area contributed by atoms with Gasteiger partial charge in [-0.2, -0.15) is 0 Å². The third-order valence-electron chi connectivity index (χ3n) is 2.98. The number of hydrogen-bond acceptors (Lipinski definition) is 2. The highest BCUT2D eigenvalue weighted by molar-refractivity contribution is 9.11. The van der Waals surface area contributed by atoms with Crippen LogP contribution in [0, 0.1) is 6.92 Å². The lowest BCUT2D eigenvalue weighted by Crippen LogP contribution is -2.18. The molecule has 0 spiro atoms. The van der Waals surface area contributed by atoms with Gasteiger partial charge in [0.2, 0.25) is 0 Å². The number of nitrogens with two attached hydrogens (primary N) is 1. The van der Waals surface area contributed by atoms with Gasteiger partial charge in [-0.25, -0.2) is 0 Å². The van der Waals surface area contributed by atoms with Crippen molar-refractivity contribution in [1.82, 2.24) is 0 Å². The molecule has 0 aliphatic carbocycles. The molecular weight excluding hydrogens is 382 g/mol. The van der Waals surface area contributed by atoms with Gasteiger partial charge in [0, 0.05) is 10.5 Å². The molecule has 0 heterocycles. The molecule has 0 amide bonds. The summed E-state index contributed by atoms with van der Waals surface area (Å²) in [6, 6.07) is 12.1. The first-order valence-corrected chi connectivity index (χ1v) is 8.02. The molecule has 0 fully saturated rings. The van der Waals surface area contributed by atoms with Crippen molar-refractivity contribution in [2.45, 2.75) is 26.3 Å². The quantitative estimate of drug-likeness (QED) is 0.767. The predicted octanol–water partition coefficient (Wildman–Crippen LogP) is 5.20. The summed E-state index contributed by atoms with van der Waals surface area (Å²) in [6.07, 6.45) is 0.883. The Balaban J connectivity index is 2.20. The van der Waals surface area contributed by atoms with E-state index in [9.17, 15) is 0 Å². The summed E-state index contributed by atoms with van der Waals surface area (Å²) in [7, 11) is 0. The van der Waals surface area contributed by atoms with Gasteiger partial charge >= 0.3 is 0 Å². The number of benzene rings is 2. The smallest absolute Gasteiger partial charge is 0.141 e. The normalized spacial score (nSPS) is 12.2. The zero-order valence-electron chi connectivity index (χ0n) is 11.5. The first-order valence-electron chi connectivity index (χ1n) is 6.43. The fourth-order valence-corrected chi connectivity index (χ4v) is 3.12. The van der Waals surface area contributed by atoms with Crippen LogP contribution in [0.3, 0.4) is 0 Å². The van der Waals surface area contributed by atoms with E-state index in [1.165, 1.54) is 11.1 Å². The molecular formula is C16H17Br2NO. The van der Waals surface area contributed by atoms with E-state index in [0.717, 1.165) is 26.9 Å². The largest absolute Gasteiger partial charge is 0.456 e. The van der Waals surface area contributed by atoms with E-state index in [0.29, 0.717) is 0 Å². The molecule has 2 aromatic rings. The second-order valence-electron chi connectivity index (χ2n) is 4.95. The van der Waals surface area contributed by atoms with E-state index < -0.39 is 0 Å². The number of rotatable bonds is 4. The summed E-state index contributed by atoms with van der Waals surface area (Å²) in [6.45, 7) is 4.10. The molecule has 2 aromatic carbocycles. The zero-order valence-corrected chi connectivity index (χ0v) is 14.7. The number of aryl methyl sites for hydroxylation is 1. The Morgan fingerprint density at radius 1 is 1.15 bits per heavy atom. The third-order valence-corrected chi connectivity index (χ3v) is 4.09. The Morgan fingerprint density at radius 3 is 2.50 bits per heavy atom. The van der Waals surface area contributed by atoms with Gasteiger partial charge < -0.3 is 10.5 Å². The average molecular weight is 399 g/mol. The van der Waals surface area contributed by atoms with Crippen LogP contribution >= 0.6 is 31.9 Å². The lowest BCUT2D eigenvalue weighted by molar-refractivity contribution is 0.478. The lowest BCUT2D eigenvalue weighted by atomic mass is 10.0. The van der Waals surface area contributed by atoms with Gasteiger partial charge in [-0.15, -0.1) is 0 Å². The third kappa shape index (κ3) is 4.08. The van der Waals surface area contributed by atoms with Crippen LogP contribution in [-0.2, 0) is 6.42 Å². The molecule has 0 saturated heterocycles. The van der Waals surface area contributed by atoms with Crippen LogP contribution in [0.2, 0.25) is 0 Å². The van der Waals surface area contributed by atoms with Gasteiger partial charge in [0.15, 0.2) is 0 Å². The van der Waals surface area contributed by atoms with Crippen molar-refractivity contribution in [2.75, 3.05) is 0 Å². The highest BCUT2D eigenvalue weighted by atomic mass is 79.9.